The van der Waals surface area contributed by atoms with Crippen molar-refractivity contribution in [2.45, 2.75) is 19.8 Å². The monoisotopic (exact) mass is 297 g/mol. The van der Waals surface area contributed by atoms with E-state index in [0.717, 1.165) is 5.69 Å². The zero-order chi connectivity index (χ0) is 12.6. The Kier molecular flexibility index (Phi) is 3.19. The first-order valence-corrected chi connectivity index (χ1v) is 6.09. The van der Waals surface area contributed by atoms with Gasteiger partial charge in [-0.1, -0.05) is 13.8 Å². The summed E-state index contributed by atoms with van der Waals surface area (Å²) in [5.41, 5.74) is 7.80. The zero-order valence-electron chi connectivity index (χ0n) is 9.61. The number of aromatic nitrogens is 2. The van der Waals surface area contributed by atoms with E-state index in [-0.39, 0.29) is 5.82 Å². The highest BCUT2D eigenvalue weighted by Crippen LogP contribution is 2.25. The van der Waals surface area contributed by atoms with Gasteiger partial charge in [0, 0.05) is 12.3 Å². The molecule has 17 heavy (non-hydrogen) atoms. The second-order valence-corrected chi connectivity index (χ2v) is 5.02. The number of rotatable bonds is 2. The molecule has 1 aromatic carbocycles. The summed E-state index contributed by atoms with van der Waals surface area (Å²) in [5, 5.41) is 4.40. The van der Waals surface area contributed by atoms with E-state index in [9.17, 15) is 4.39 Å². The molecule has 1 aromatic heterocycles. The van der Waals surface area contributed by atoms with Crippen LogP contribution in [0.15, 0.2) is 28.9 Å². The Morgan fingerprint density at radius 3 is 2.71 bits per heavy atom. The van der Waals surface area contributed by atoms with Gasteiger partial charge in [0.05, 0.1) is 21.5 Å². The van der Waals surface area contributed by atoms with Crippen LogP contribution < -0.4 is 5.73 Å². The van der Waals surface area contributed by atoms with Gasteiger partial charge in [-0.3, -0.25) is 0 Å². The van der Waals surface area contributed by atoms with Gasteiger partial charge in [0.25, 0.3) is 0 Å². The SMILES string of the molecule is CC(C)c1ccn(-c2cc(Br)c(F)cc2N)n1. The second kappa shape index (κ2) is 4.49. The number of hydrogen-bond donors (Lipinski definition) is 1. The van der Waals surface area contributed by atoms with E-state index in [0.29, 0.717) is 21.8 Å². The van der Waals surface area contributed by atoms with Crippen molar-refractivity contribution in [2.75, 3.05) is 5.73 Å². The van der Waals surface area contributed by atoms with Crippen LogP contribution in [0.1, 0.15) is 25.5 Å². The molecule has 2 N–H and O–H groups in total. The van der Waals surface area contributed by atoms with Crippen molar-refractivity contribution in [1.29, 1.82) is 0 Å². The number of nitrogens with zero attached hydrogens (tertiary/aromatic N) is 2. The largest absolute Gasteiger partial charge is 0.397 e. The molecule has 0 aliphatic carbocycles. The summed E-state index contributed by atoms with van der Waals surface area (Å²) in [4.78, 5) is 0. The third kappa shape index (κ3) is 2.34. The maximum atomic E-state index is 13.3. The van der Waals surface area contributed by atoms with Crippen LogP contribution in [0.3, 0.4) is 0 Å². The van der Waals surface area contributed by atoms with Gasteiger partial charge >= 0.3 is 0 Å². The fourth-order valence-electron chi connectivity index (χ4n) is 1.53. The lowest BCUT2D eigenvalue weighted by Crippen LogP contribution is -2.02. The highest BCUT2D eigenvalue weighted by atomic mass is 79.9. The topological polar surface area (TPSA) is 43.8 Å². The molecular weight excluding hydrogens is 285 g/mol. The predicted molar refractivity (Wildman–Crippen MR) is 69.7 cm³/mol. The zero-order valence-corrected chi connectivity index (χ0v) is 11.2. The van der Waals surface area contributed by atoms with Crippen molar-refractivity contribution in [2.24, 2.45) is 0 Å². The van der Waals surface area contributed by atoms with Crippen molar-refractivity contribution in [1.82, 2.24) is 9.78 Å². The van der Waals surface area contributed by atoms with Gasteiger partial charge in [-0.05, 0) is 34.0 Å². The number of hydrogen-bond acceptors (Lipinski definition) is 2. The molecule has 0 saturated heterocycles. The van der Waals surface area contributed by atoms with Crippen molar-refractivity contribution >= 4 is 21.6 Å². The summed E-state index contributed by atoms with van der Waals surface area (Å²) in [7, 11) is 0. The third-order valence-corrected chi connectivity index (χ3v) is 3.13. The molecule has 0 radical (unpaired) electrons. The van der Waals surface area contributed by atoms with Crippen LogP contribution in [-0.2, 0) is 0 Å². The summed E-state index contributed by atoms with van der Waals surface area (Å²) < 4.78 is 15.3. The predicted octanol–water partition coefficient (Wildman–Crippen LogP) is 3.48. The molecule has 0 saturated carbocycles. The van der Waals surface area contributed by atoms with Crippen LogP contribution in [-0.4, -0.2) is 9.78 Å². The molecule has 0 bridgehead atoms. The quantitative estimate of drug-likeness (QED) is 0.863. The Hall–Kier alpha value is -1.36. The fourth-order valence-corrected chi connectivity index (χ4v) is 1.86. The maximum absolute atomic E-state index is 13.3. The summed E-state index contributed by atoms with van der Waals surface area (Å²) in [6.45, 7) is 4.13. The highest BCUT2D eigenvalue weighted by Gasteiger charge is 2.10. The van der Waals surface area contributed by atoms with E-state index in [4.69, 9.17) is 5.73 Å². The van der Waals surface area contributed by atoms with E-state index in [1.54, 1.807) is 10.7 Å². The number of nitrogens with two attached hydrogens (primary N) is 1. The van der Waals surface area contributed by atoms with Crippen molar-refractivity contribution in [3.05, 3.63) is 40.4 Å². The molecule has 0 aliphatic rings. The van der Waals surface area contributed by atoms with E-state index in [1.807, 2.05) is 12.3 Å². The molecule has 1 heterocycles. The molecule has 0 spiro atoms. The standard InChI is InChI=1S/C12H13BrFN3/c1-7(2)11-3-4-17(16-11)12-5-8(13)9(14)6-10(12)15/h3-7H,15H2,1-2H3. The lowest BCUT2D eigenvalue weighted by Gasteiger charge is -2.07. The average molecular weight is 298 g/mol. The summed E-state index contributed by atoms with van der Waals surface area (Å²) >= 11 is 3.14. The highest BCUT2D eigenvalue weighted by molar-refractivity contribution is 9.10. The van der Waals surface area contributed by atoms with Crippen molar-refractivity contribution in [3.8, 4) is 5.69 Å². The van der Waals surface area contributed by atoms with Crippen LogP contribution in [0.4, 0.5) is 10.1 Å². The Balaban J connectivity index is 2.49. The minimum atomic E-state index is -0.373. The Morgan fingerprint density at radius 1 is 1.41 bits per heavy atom. The first-order chi connectivity index (χ1) is 7.99. The van der Waals surface area contributed by atoms with Crippen LogP contribution >= 0.6 is 15.9 Å². The van der Waals surface area contributed by atoms with Gasteiger partial charge in [-0.25, -0.2) is 9.07 Å². The summed E-state index contributed by atoms with van der Waals surface area (Å²) in [6, 6.07) is 4.85. The van der Waals surface area contributed by atoms with E-state index < -0.39 is 0 Å². The molecule has 0 fully saturated rings. The van der Waals surface area contributed by atoms with Gasteiger partial charge in [0.1, 0.15) is 5.82 Å². The first kappa shape index (κ1) is 12.1. The second-order valence-electron chi connectivity index (χ2n) is 4.17. The molecule has 0 amide bonds. The Labute approximate surface area is 108 Å². The van der Waals surface area contributed by atoms with Gasteiger partial charge in [0.2, 0.25) is 0 Å². The van der Waals surface area contributed by atoms with Gasteiger partial charge in [0.15, 0.2) is 0 Å². The van der Waals surface area contributed by atoms with Gasteiger partial charge < -0.3 is 5.73 Å². The third-order valence-electron chi connectivity index (χ3n) is 2.52. The number of halogens is 2. The molecule has 0 aliphatic heterocycles. The summed E-state index contributed by atoms with van der Waals surface area (Å²) in [5.74, 6) is -0.0242. The van der Waals surface area contributed by atoms with E-state index in [2.05, 4.69) is 34.9 Å². The molecule has 0 atom stereocenters. The molecule has 2 aromatic rings. The van der Waals surface area contributed by atoms with Crippen molar-refractivity contribution in [3.63, 3.8) is 0 Å². The van der Waals surface area contributed by atoms with Gasteiger partial charge in [-0.15, -0.1) is 0 Å². The lowest BCUT2D eigenvalue weighted by atomic mass is 10.1. The van der Waals surface area contributed by atoms with E-state index >= 15 is 0 Å². The maximum Gasteiger partial charge on any atom is 0.139 e. The fraction of sp³-hybridized carbons (Fsp3) is 0.250. The Morgan fingerprint density at radius 2 is 2.12 bits per heavy atom. The van der Waals surface area contributed by atoms with Crippen LogP contribution in [0.2, 0.25) is 0 Å². The minimum absolute atomic E-state index is 0.348. The van der Waals surface area contributed by atoms with Crippen LogP contribution in [0.5, 0.6) is 0 Å². The lowest BCUT2D eigenvalue weighted by molar-refractivity contribution is 0.621. The summed E-state index contributed by atoms with van der Waals surface area (Å²) in [6.07, 6.45) is 1.82. The molecular formula is C12H13BrFN3. The average Bonchev–Trinajstić information content (AvgIpc) is 2.72. The normalized spacial score (nSPS) is 11.1. The smallest absolute Gasteiger partial charge is 0.139 e. The molecule has 3 nitrogen and oxygen atoms in total. The molecule has 5 heteroatoms. The number of nitrogen functional groups attached to an aromatic ring is 1. The Bertz CT molecular complexity index is 549. The van der Waals surface area contributed by atoms with Crippen molar-refractivity contribution < 1.29 is 4.39 Å². The van der Waals surface area contributed by atoms with Crippen LogP contribution in [0, 0.1) is 5.82 Å². The number of anilines is 1. The van der Waals surface area contributed by atoms with E-state index in [1.165, 1.54) is 6.07 Å². The molecule has 90 valence electrons. The van der Waals surface area contributed by atoms with Crippen LogP contribution in [0.25, 0.3) is 5.69 Å². The number of benzene rings is 1. The van der Waals surface area contributed by atoms with Gasteiger partial charge in [-0.2, -0.15) is 5.10 Å². The minimum Gasteiger partial charge on any atom is -0.397 e. The molecule has 0 unspecified atom stereocenters. The molecule has 2 rings (SSSR count). The first-order valence-electron chi connectivity index (χ1n) is 5.29.